The lowest BCUT2D eigenvalue weighted by molar-refractivity contribution is -0.274. The Balaban J connectivity index is 1.54. The van der Waals surface area contributed by atoms with Gasteiger partial charge >= 0.3 is 12.4 Å². The number of nitrogens with one attached hydrogen (secondary N) is 3. The van der Waals surface area contributed by atoms with Gasteiger partial charge in [-0.2, -0.15) is 0 Å². The number of unbranched alkanes of at least 4 members (excludes halogenated alkanes) is 1. The molecular weight excluding hydrogens is 477 g/mol. The number of piperidine rings is 1. The maximum Gasteiger partial charge on any atom is 0.573 e. The maximum absolute atomic E-state index is 12.8. The number of ether oxygens (including phenoxy) is 1. The molecule has 0 radical (unpaired) electrons. The number of urea groups is 1. The van der Waals surface area contributed by atoms with Crippen molar-refractivity contribution in [3.05, 3.63) is 36.3 Å². The summed E-state index contributed by atoms with van der Waals surface area (Å²) in [5, 5.41) is 7.99. The van der Waals surface area contributed by atoms with E-state index in [1.165, 1.54) is 31.4 Å². The van der Waals surface area contributed by atoms with E-state index in [1.807, 2.05) is 6.92 Å². The second kappa shape index (κ2) is 13.1. The zero-order valence-electron chi connectivity index (χ0n) is 20.4. The minimum Gasteiger partial charge on any atom is -0.406 e. The smallest absolute Gasteiger partial charge is 0.406 e. The molecule has 0 bridgehead atoms. The van der Waals surface area contributed by atoms with Gasteiger partial charge in [0.1, 0.15) is 5.75 Å². The highest BCUT2D eigenvalue weighted by atomic mass is 19.4. The van der Waals surface area contributed by atoms with Gasteiger partial charge in [-0.3, -0.25) is 10.1 Å². The van der Waals surface area contributed by atoms with Gasteiger partial charge in [-0.1, -0.05) is 19.8 Å². The molecule has 0 atom stereocenters. The van der Waals surface area contributed by atoms with Gasteiger partial charge in [-0.25, -0.2) is 9.78 Å². The van der Waals surface area contributed by atoms with E-state index in [2.05, 4.69) is 30.6 Å². The summed E-state index contributed by atoms with van der Waals surface area (Å²) in [5.41, 5.74) is 0.263. The Morgan fingerprint density at radius 2 is 1.75 bits per heavy atom. The molecule has 1 aliphatic heterocycles. The Morgan fingerprint density at radius 1 is 1.03 bits per heavy atom. The molecule has 3 rings (SSSR count). The predicted octanol–water partition coefficient (Wildman–Crippen LogP) is 4.83. The Kier molecular flexibility index (Phi) is 9.97. The minimum atomic E-state index is -4.79. The number of carbonyl (C=O) groups is 2. The summed E-state index contributed by atoms with van der Waals surface area (Å²) in [6.45, 7) is 6.31. The fourth-order valence-electron chi connectivity index (χ4n) is 3.94. The number of aryl methyl sites for hydroxylation is 1. The zero-order valence-corrected chi connectivity index (χ0v) is 20.4. The number of alkyl halides is 3. The summed E-state index contributed by atoms with van der Waals surface area (Å²) in [6, 6.07) is 4.10. The highest BCUT2D eigenvalue weighted by molar-refractivity contribution is 5.99. The first-order chi connectivity index (χ1) is 17.2. The topological polar surface area (TPSA) is 101 Å². The van der Waals surface area contributed by atoms with Crippen molar-refractivity contribution in [2.45, 2.75) is 58.4 Å². The molecule has 1 aromatic heterocycles. The summed E-state index contributed by atoms with van der Waals surface area (Å²) >= 11 is 0. The molecule has 0 unspecified atom stereocenters. The number of hydrogen-bond acceptors (Lipinski definition) is 5. The molecule has 1 fully saturated rings. The third-order valence-corrected chi connectivity index (χ3v) is 5.70. The second-order valence-corrected chi connectivity index (χ2v) is 8.66. The normalized spacial score (nSPS) is 14.3. The molecule has 9 nitrogen and oxygen atoms in total. The van der Waals surface area contributed by atoms with Gasteiger partial charge in [0.05, 0.1) is 0 Å². The van der Waals surface area contributed by atoms with Crippen LogP contribution in [0, 0.1) is 0 Å². The average Bonchev–Trinajstić information content (AvgIpc) is 3.23. The van der Waals surface area contributed by atoms with Crippen molar-refractivity contribution in [2.24, 2.45) is 0 Å². The first-order valence-electron chi connectivity index (χ1n) is 12.2. The van der Waals surface area contributed by atoms with E-state index in [0.717, 1.165) is 51.0 Å². The summed E-state index contributed by atoms with van der Waals surface area (Å²) in [7, 11) is 0. The quantitative estimate of drug-likeness (QED) is 0.376. The van der Waals surface area contributed by atoms with E-state index in [9.17, 15) is 22.8 Å². The Hall–Kier alpha value is -3.28. The molecule has 2 heterocycles. The van der Waals surface area contributed by atoms with Crippen LogP contribution < -0.4 is 20.7 Å². The van der Waals surface area contributed by atoms with Gasteiger partial charge in [0.15, 0.2) is 5.82 Å². The largest absolute Gasteiger partial charge is 0.573 e. The van der Waals surface area contributed by atoms with E-state index < -0.39 is 18.1 Å². The zero-order chi connectivity index (χ0) is 26.0. The van der Waals surface area contributed by atoms with E-state index in [0.29, 0.717) is 13.1 Å². The Bertz CT molecular complexity index is 988. The second-order valence-electron chi connectivity index (χ2n) is 8.66. The number of halogens is 3. The van der Waals surface area contributed by atoms with Crippen molar-refractivity contribution in [1.82, 2.24) is 19.8 Å². The van der Waals surface area contributed by atoms with Gasteiger partial charge in [0.25, 0.3) is 5.91 Å². The molecule has 36 heavy (non-hydrogen) atoms. The lowest BCUT2D eigenvalue weighted by Gasteiger charge is -2.26. The predicted molar refractivity (Wildman–Crippen MR) is 130 cm³/mol. The van der Waals surface area contributed by atoms with Crippen LogP contribution >= 0.6 is 0 Å². The van der Waals surface area contributed by atoms with Crippen LogP contribution in [0.1, 0.15) is 56.1 Å². The standard InChI is InChI=1S/C24H33F3N6O3/c1-2-3-16-33-17-20(30-21(33)22(34)28-12-7-15-32-13-5-4-6-14-32)31-23(35)29-18-8-10-19(11-9-18)36-24(25,26)27/h8-11,17H,2-7,12-16H2,1H3,(H,28,34)(H2,29,31,35). The van der Waals surface area contributed by atoms with Crippen molar-refractivity contribution in [1.29, 1.82) is 0 Å². The lowest BCUT2D eigenvalue weighted by Crippen LogP contribution is -2.34. The number of rotatable bonds is 11. The molecule has 1 aliphatic rings. The van der Waals surface area contributed by atoms with Gasteiger partial charge in [-0.05, 0) is 69.6 Å². The van der Waals surface area contributed by atoms with Crippen molar-refractivity contribution >= 4 is 23.4 Å². The number of amides is 3. The molecule has 3 N–H and O–H groups in total. The van der Waals surface area contributed by atoms with E-state index in [1.54, 1.807) is 10.8 Å². The number of aromatic nitrogens is 2. The SMILES string of the molecule is CCCCn1cc(NC(=O)Nc2ccc(OC(F)(F)F)cc2)nc1C(=O)NCCCN1CCCCC1. The van der Waals surface area contributed by atoms with Crippen LogP contribution in [0.25, 0.3) is 0 Å². The van der Waals surface area contributed by atoms with Crippen molar-refractivity contribution in [3.63, 3.8) is 0 Å². The molecule has 2 aromatic rings. The van der Waals surface area contributed by atoms with Crippen molar-refractivity contribution < 1.29 is 27.5 Å². The molecule has 0 aliphatic carbocycles. The first kappa shape index (κ1) is 27.3. The summed E-state index contributed by atoms with van der Waals surface area (Å²) in [4.78, 5) is 31.8. The number of anilines is 2. The molecule has 12 heteroatoms. The molecule has 0 saturated carbocycles. The maximum atomic E-state index is 12.8. The number of benzene rings is 1. The fourth-order valence-corrected chi connectivity index (χ4v) is 3.94. The van der Waals surface area contributed by atoms with Crippen LogP contribution in [0.5, 0.6) is 5.75 Å². The monoisotopic (exact) mass is 510 g/mol. The highest BCUT2D eigenvalue weighted by Gasteiger charge is 2.31. The van der Waals surface area contributed by atoms with E-state index in [-0.39, 0.29) is 23.2 Å². The Morgan fingerprint density at radius 3 is 2.42 bits per heavy atom. The van der Waals surface area contributed by atoms with Crippen LogP contribution in [-0.4, -0.2) is 58.9 Å². The third-order valence-electron chi connectivity index (χ3n) is 5.70. The van der Waals surface area contributed by atoms with Crippen LogP contribution in [0.4, 0.5) is 29.5 Å². The van der Waals surface area contributed by atoms with E-state index in [4.69, 9.17) is 0 Å². The summed E-state index contributed by atoms with van der Waals surface area (Å²) in [5.74, 6) is -0.294. The molecule has 3 amide bonds. The number of imidazole rings is 1. The van der Waals surface area contributed by atoms with Crippen molar-refractivity contribution in [2.75, 3.05) is 36.8 Å². The molecule has 1 saturated heterocycles. The van der Waals surface area contributed by atoms with E-state index >= 15 is 0 Å². The summed E-state index contributed by atoms with van der Waals surface area (Å²) in [6.07, 6.45) is 3.14. The molecule has 0 spiro atoms. The molecule has 198 valence electrons. The van der Waals surface area contributed by atoms with Gasteiger partial charge in [0, 0.05) is 25.0 Å². The minimum absolute atomic E-state index is 0.194. The molecular formula is C24H33F3N6O3. The summed E-state index contributed by atoms with van der Waals surface area (Å²) < 4.78 is 42.4. The number of nitrogens with zero attached hydrogens (tertiary/aromatic N) is 3. The van der Waals surface area contributed by atoms with Gasteiger partial charge in [0.2, 0.25) is 5.82 Å². The number of likely N-dealkylation sites (tertiary alicyclic amines) is 1. The lowest BCUT2D eigenvalue weighted by atomic mass is 10.1. The fraction of sp³-hybridized carbons (Fsp3) is 0.542. The Labute approximate surface area is 208 Å². The van der Waals surface area contributed by atoms with Crippen LogP contribution in [0.2, 0.25) is 0 Å². The van der Waals surface area contributed by atoms with Crippen LogP contribution in [0.3, 0.4) is 0 Å². The third kappa shape index (κ3) is 9.06. The number of carbonyl (C=O) groups excluding carboxylic acids is 2. The first-order valence-corrected chi connectivity index (χ1v) is 12.2. The van der Waals surface area contributed by atoms with Gasteiger partial charge in [-0.15, -0.1) is 13.2 Å². The molecule has 1 aromatic carbocycles. The van der Waals surface area contributed by atoms with Crippen molar-refractivity contribution in [3.8, 4) is 5.75 Å². The van der Waals surface area contributed by atoms with Gasteiger partial charge < -0.3 is 24.8 Å². The van der Waals surface area contributed by atoms with Crippen LogP contribution in [0.15, 0.2) is 30.5 Å². The number of hydrogen-bond donors (Lipinski definition) is 3. The van der Waals surface area contributed by atoms with Crippen LogP contribution in [-0.2, 0) is 6.54 Å². The average molecular weight is 511 g/mol. The highest BCUT2D eigenvalue weighted by Crippen LogP contribution is 2.24.